The molecule has 0 spiro atoms. The number of phenols is 1. The smallest absolute Gasteiger partial charge is 0.339 e. The summed E-state index contributed by atoms with van der Waals surface area (Å²) in [6.45, 7) is 1.92. The van der Waals surface area contributed by atoms with Crippen molar-refractivity contribution in [1.82, 2.24) is 0 Å². The van der Waals surface area contributed by atoms with Crippen molar-refractivity contribution in [2.75, 3.05) is 11.9 Å². The van der Waals surface area contributed by atoms with Crippen LogP contribution in [-0.2, 0) is 4.74 Å². The highest BCUT2D eigenvalue weighted by Crippen LogP contribution is 2.34. The Kier molecular flexibility index (Phi) is 5.46. The Morgan fingerprint density at radius 3 is 2.79 bits per heavy atom. The van der Waals surface area contributed by atoms with Crippen LogP contribution in [0.3, 0.4) is 0 Å². The van der Waals surface area contributed by atoms with E-state index in [1.54, 1.807) is 6.92 Å². The quantitative estimate of drug-likeness (QED) is 0.288. The number of nitrogens with one attached hydrogen (secondary N) is 1. The minimum atomic E-state index is -1.32. The molecule has 150 valence electrons. The van der Waals surface area contributed by atoms with Crippen LogP contribution in [0.4, 0.5) is 11.4 Å². The number of hydrogen-bond acceptors (Lipinski definition) is 8. The molecule has 1 aliphatic rings. The molecule has 0 bridgehead atoms. The van der Waals surface area contributed by atoms with Gasteiger partial charge in [0, 0.05) is 24.9 Å². The van der Waals surface area contributed by atoms with Gasteiger partial charge in [0.15, 0.2) is 5.75 Å². The highest BCUT2D eigenvalue weighted by molar-refractivity contribution is 6.12. The van der Waals surface area contributed by atoms with E-state index < -0.39 is 28.7 Å². The Balaban J connectivity index is 1.99. The second-order valence-corrected chi connectivity index (χ2v) is 5.92. The molecule has 0 fully saturated rings. The molecule has 2 aromatic rings. The zero-order valence-corrected chi connectivity index (χ0v) is 15.1. The van der Waals surface area contributed by atoms with Gasteiger partial charge < -0.3 is 25.0 Å². The van der Waals surface area contributed by atoms with Crippen LogP contribution in [0.1, 0.15) is 27.6 Å². The van der Waals surface area contributed by atoms with Gasteiger partial charge in [0.1, 0.15) is 11.3 Å². The van der Waals surface area contributed by atoms with Crippen molar-refractivity contribution >= 4 is 23.1 Å². The third-order valence-electron chi connectivity index (χ3n) is 4.14. The maximum absolute atomic E-state index is 12.9. The van der Waals surface area contributed by atoms with Gasteiger partial charge in [-0.3, -0.25) is 14.9 Å². The molecule has 0 amide bonds. The van der Waals surface area contributed by atoms with Crippen LogP contribution in [0, 0.1) is 10.1 Å². The summed E-state index contributed by atoms with van der Waals surface area (Å²) in [5.74, 6) is -2.24. The number of nitrogens with zero attached hydrogens (tertiary/aromatic N) is 1. The van der Waals surface area contributed by atoms with E-state index in [2.05, 4.69) is 5.32 Å². The number of hydrogen-bond donors (Lipinski definition) is 3. The molecule has 2 aromatic carbocycles. The second-order valence-electron chi connectivity index (χ2n) is 5.92. The first-order valence-electron chi connectivity index (χ1n) is 8.46. The summed E-state index contributed by atoms with van der Waals surface area (Å²) >= 11 is 0. The van der Waals surface area contributed by atoms with Crippen LogP contribution in [0.5, 0.6) is 11.5 Å². The molecule has 1 atom stereocenters. The lowest BCUT2D eigenvalue weighted by Gasteiger charge is -2.27. The molecule has 0 radical (unpaired) electrons. The average molecular weight is 400 g/mol. The van der Waals surface area contributed by atoms with E-state index in [0.29, 0.717) is 0 Å². The van der Waals surface area contributed by atoms with Gasteiger partial charge in [-0.25, -0.2) is 4.79 Å². The summed E-state index contributed by atoms with van der Waals surface area (Å²) in [4.78, 5) is 34.4. The SMILES string of the molecule is CCO[C@H]1Oc2ccc([N+](=O)[O-])cc2C(=O)/C1=C/Nc1cccc(C(=O)O)c1O. The van der Waals surface area contributed by atoms with Gasteiger partial charge in [-0.2, -0.15) is 0 Å². The molecular formula is C19H16N2O8. The van der Waals surface area contributed by atoms with Crippen molar-refractivity contribution in [2.45, 2.75) is 13.2 Å². The molecule has 10 nitrogen and oxygen atoms in total. The number of aromatic carboxylic acids is 1. The van der Waals surface area contributed by atoms with Crippen LogP contribution < -0.4 is 10.1 Å². The molecule has 3 N–H and O–H groups in total. The number of nitro benzene ring substituents is 1. The van der Waals surface area contributed by atoms with Crippen LogP contribution in [0.15, 0.2) is 48.2 Å². The topological polar surface area (TPSA) is 148 Å². The molecule has 0 unspecified atom stereocenters. The fourth-order valence-corrected chi connectivity index (χ4v) is 2.75. The van der Waals surface area contributed by atoms with Crippen molar-refractivity contribution < 1.29 is 34.2 Å². The van der Waals surface area contributed by atoms with Gasteiger partial charge in [0.2, 0.25) is 12.1 Å². The van der Waals surface area contributed by atoms with Crippen molar-refractivity contribution in [3.05, 3.63) is 69.4 Å². The Morgan fingerprint density at radius 2 is 2.14 bits per heavy atom. The highest BCUT2D eigenvalue weighted by Gasteiger charge is 2.34. The predicted molar refractivity (Wildman–Crippen MR) is 100 cm³/mol. The lowest BCUT2D eigenvalue weighted by molar-refractivity contribution is -0.384. The highest BCUT2D eigenvalue weighted by atomic mass is 16.7. The molecule has 0 aliphatic carbocycles. The number of fused-ring (bicyclic) bond motifs is 1. The number of aromatic hydroxyl groups is 1. The first-order chi connectivity index (χ1) is 13.8. The number of non-ortho nitro benzene ring substituents is 1. The summed E-state index contributed by atoms with van der Waals surface area (Å²) in [7, 11) is 0. The van der Waals surface area contributed by atoms with Crippen LogP contribution in [0.25, 0.3) is 0 Å². The lowest BCUT2D eigenvalue weighted by atomic mass is 9.99. The summed E-state index contributed by atoms with van der Waals surface area (Å²) in [5.41, 5.74) is -0.548. The zero-order valence-electron chi connectivity index (χ0n) is 15.1. The number of nitro groups is 1. The number of carbonyl (C=O) groups is 2. The number of benzene rings is 2. The first kappa shape index (κ1) is 19.8. The fraction of sp³-hybridized carbons (Fsp3) is 0.158. The molecule has 29 heavy (non-hydrogen) atoms. The zero-order chi connectivity index (χ0) is 21.1. The van der Waals surface area contributed by atoms with Gasteiger partial charge >= 0.3 is 5.97 Å². The van der Waals surface area contributed by atoms with E-state index in [-0.39, 0.29) is 40.4 Å². The van der Waals surface area contributed by atoms with Crippen molar-refractivity contribution in [2.24, 2.45) is 0 Å². The third-order valence-corrected chi connectivity index (χ3v) is 4.14. The molecule has 10 heteroatoms. The largest absolute Gasteiger partial charge is 0.505 e. The maximum Gasteiger partial charge on any atom is 0.339 e. The fourth-order valence-electron chi connectivity index (χ4n) is 2.75. The molecule has 0 saturated heterocycles. The predicted octanol–water partition coefficient (Wildman–Crippen LogP) is 2.93. The Hall–Kier alpha value is -3.92. The average Bonchev–Trinajstić information content (AvgIpc) is 2.68. The Bertz CT molecular complexity index is 1030. The third kappa shape index (κ3) is 3.87. The lowest BCUT2D eigenvalue weighted by Crippen LogP contribution is -2.33. The molecule has 3 rings (SSSR count). The van der Waals surface area contributed by atoms with E-state index in [4.69, 9.17) is 14.6 Å². The summed E-state index contributed by atoms with van der Waals surface area (Å²) in [5, 5.41) is 32.9. The van der Waals surface area contributed by atoms with E-state index in [0.717, 1.165) is 6.07 Å². The minimum absolute atomic E-state index is 0.0000222. The van der Waals surface area contributed by atoms with Gasteiger partial charge in [0.25, 0.3) is 5.69 Å². The second kappa shape index (κ2) is 7.98. The minimum Gasteiger partial charge on any atom is -0.505 e. The van der Waals surface area contributed by atoms with Gasteiger partial charge in [-0.05, 0) is 25.1 Å². The number of ketones is 1. The number of carboxylic acid groups (broad SMARTS) is 1. The van der Waals surface area contributed by atoms with Gasteiger partial charge in [-0.15, -0.1) is 0 Å². The molecular weight excluding hydrogens is 384 g/mol. The molecule has 1 aliphatic heterocycles. The number of Topliss-reactive ketones (excluding diaryl/α,β-unsaturated/α-hetero) is 1. The number of carbonyl (C=O) groups excluding carboxylic acids is 1. The number of para-hydroxylation sites is 1. The van der Waals surface area contributed by atoms with Crippen molar-refractivity contribution in [3.8, 4) is 11.5 Å². The number of anilines is 1. The normalized spacial score (nSPS) is 16.8. The Morgan fingerprint density at radius 1 is 1.38 bits per heavy atom. The van der Waals surface area contributed by atoms with Gasteiger partial charge in [0.05, 0.1) is 21.7 Å². The summed E-state index contributed by atoms with van der Waals surface area (Å²) in [6, 6.07) is 7.71. The Labute approximate surface area is 164 Å². The standard InChI is InChI=1S/C19H16N2O8/c1-2-28-19-13(9-20-14-5-3-4-11(17(14)23)18(24)25)16(22)12-8-10(21(26)27)6-7-15(12)29-19/h3-9,19-20,23H,2H2,1H3,(H,24,25)/b13-9-/t19-/m0/s1. The van der Waals surface area contributed by atoms with E-state index in [1.807, 2.05) is 0 Å². The summed E-state index contributed by atoms with van der Waals surface area (Å²) in [6.07, 6.45) is 0.129. The van der Waals surface area contributed by atoms with Gasteiger partial charge in [-0.1, -0.05) is 6.07 Å². The van der Waals surface area contributed by atoms with E-state index in [9.17, 15) is 24.8 Å². The maximum atomic E-state index is 12.9. The first-order valence-corrected chi connectivity index (χ1v) is 8.46. The number of rotatable bonds is 6. The van der Waals surface area contributed by atoms with Crippen LogP contribution in [0.2, 0.25) is 0 Å². The molecule has 0 aromatic heterocycles. The number of ether oxygens (including phenoxy) is 2. The van der Waals surface area contributed by atoms with Crippen molar-refractivity contribution in [3.63, 3.8) is 0 Å². The molecule has 1 heterocycles. The van der Waals surface area contributed by atoms with Crippen molar-refractivity contribution in [1.29, 1.82) is 0 Å². The summed E-state index contributed by atoms with van der Waals surface area (Å²) < 4.78 is 11.1. The van der Waals surface area contributed by atoms with E-state index >= 15 is 0 Å². The van der Waals surface area contributed by atoms with Crippen LogP contribution >= 0.6 is 0 Å². The van der Waals surface area contributed by atoms with Crippen LogP contribution in [-0.4, -0.2) is 39.8 Å². The monoisotopic (exact) mass is 400 g/mol. The van der Waals surface area contributed by atoms with E-state index in [1.165, 1.54) is 36.5 Å². The molecule has 0 saturated carbocycles. The number of carboxylic acids is 1.